The number of carbonyl (C=O) groups excluding carboxylic acids is 1. The minimum absolute atomic E-state index is 0.0637. The van der Waals surface area contributed by atoms with Crippen LogP contribution in [-0.4, -0.2) is 35.9 Å². The summed E-state index contributed by atoms with van der Waals surface area (Å²) in [7, 11) is -3.79. The fourth-order valence-corrected chi connectivity index (χ4v) is 6.71. The first-order chi connectivity index (χ1) is 18.7. The van der Waals surface area contributed by atoms with Crippen LogP contribution in [0.15, 0.2) is 98.0 Å². The van der Waals surface area contributed by atoms with Gasteiger partial charge in [0.25, 0.3) is 15.9 Å². The highest BCUT2D eigenvalue weighted by atomic mass is 35.5. The van der Waals surface area contributed by atoms with Gasteiger partial charge in [-0.1, -0.05) is 35.3 Å². The van der Waals surface area contributed by atoms with Crippen molar-refractivity contribution >= 4 is 84.3 Å². The average molecular weight is 618 g/mol. The molecule has 0 aliphatic carbocycles. The molecule has 1 saturated heterocycles. The smallest absolute Gasteiger partial charge is 0.267 e. The van der Waals surface area contributed by atoms with Gasteiger partial charge in [-0.25, -0.2) is 18.4 Å². The van der Waals surface area contributed by atoms with Crippen LogP contribution in [0.4, 0.5) is 10.8 Å². The van der Waals surface area contributed by atoms with Gasteiger partial charge in [0.2, 0.25) is 0 Å². The van der Waals surface area contributed by atoms with Crippen LogP contribution in [0.2, 0.25) is 10.0 Å². The molecule has 2 aromatic carbocycles. The second-order valence-corrected chi connectivity index (χ2v) is 12.3. The number of anilines is 1. The second-order valence-electron chi connectivity index (χ2n) is 7.95. The lowest BCUT2D eigenvalue weighted by Crippen LogP contribution is -2.29. The fraction of sp³-hybridized carbons (Fsp3) is 0.0385. The van der Waals surface area contributed by atoms with Crippen molar-refractivity contribution in [2.24, 2.45) is 4.99 Å². The predicted octanol–water partition coefficient (Wildman–Crippen LogP) is 7.30. The maximum absolute atomic E-state index is 13.1. The SMILES string of the molecule is C=CCN1C(=O)/C(=C/c2ccc(-c3cccc(Cl)c3Cl)o2)SC1=Nc1ccc(S(=O)(=O)Nc2nccs2)cc1. The molecule has 2 aromatic heterocycles. The average Bonchev–Trinajstić information content (AvgIpc) is 3.65. The van der Waals surface area contributed by atoms with Crippen LogP contribution in [0, 0.1) is 0 Å². The summed E-state index contributed by atoms with van der Waals surface area (Å²) in [6, 6.07) is 14.8. The quantitative estimate of drug-likeness (QED) is 0.164. The van der Waals surface area contributed by atoms with Gasteiger partial charge >= 0.3 is 0 Å². The van der Waals surface area contributed by atoms with Crippen molar-refractivity contribution in [2.45, 2.75) is 4.90 Å². The number of benzene rings is 2. The number of carbonyl (C=O) groups is 1. The lowest BCUT2D eigenvalue weighted by Gasteiger charge is -2.12. The molecule has 198 valence electrons. The minimum atomic E-state index is -3.79. The summed E-state index contributed by atoms with van der Waals surface area (Å²) in [5.41, 5.74) is 1.12. The van der Waals surface area contributed by atoms with E-state index in [2.05, 4.69) is 21.3 Å². The fourth-order valence-electron chi connectivity index (χ4n) is 3.54. The molecule has 1 N–H and O–H groups in total. The minimum Gasteiger partial charge on any atom is -0.457 e. The Morgan fingerprint density at radius 2 is 1.92 bits per heavy atom. The van der Waals surface area contributed by atoms with Gasteiger partial charge in [0, 0.05) is 29.8 Å². The van der Waals surface area contributed by atoms with Crippen LogP contribution in [0.5, 0.6) is 0 Å². The molecule has 1 aliphatic rings. The van der Waals surface area contributed by atoms with Gasteiger partial charge in [-0.2, -0.15) is 0 Å². The first kappa shape index (κ1) is 27.2. The first-order valence-corrected chi connectivity index (χ1v) is 15.2. The molecule has 0 spiro atoms. The summed E-state index contributed by atoms with van der Waals surface area (Å²) in [4.78, 5) is 23.6. The number of amides is 1. The molecule has 8 nitrogen and oxygen atoms in total. The zero-order chi connectivity index (χ0) is 27.6. The van der Waals surface area contributed by atoms with Crippen molar-refractivity contribution in [1.29, 1.82) is 0 Å². The molecule has 0 atom stereocenters. The number of aliphatic imine (C=N–C) groups is 1. The summed E-state index contributed by atoms with van der Waals surface area (Å²) in [5, 5.41) is 3.17. The summed E-state index contributed by atoms with van der Waals surface area (Å²) >= 11 is 14.8. The van der Waals surface area contributed by atoms with Gasteiger partial charge < -0.3 is 4.42 Å². The van der Waals surface area contributed by atoms with E-state index >= 15 is 0 Å². The highest BCUT2D eigenvalue weighted by Crippen LogP contribution is 2.37. The number of sulfonamides is 1. The van der Waals surface area contributed by atoms with E-state index in [9.17, 15) is 13.2 Å². The third kappa shape index (κ3) is 5.97. The van der Waals surface area contributed by atoms with Crippen LogP contribution in [0.1, 0.15) is 5.76 Å². The molecule has 5 rings (SSSR count). The number of thiazole rings is 1. The molecule has 3 heterocycles. The van der Waals surface area contributed by atoms with Gasteiger partial charge in [-0.3, -0.25) is 14.4 Å². The number of halogens is 2. The predicted molar refractivity (Wildman–Crippen MR) is 158 cm³/mol. The highest BCUT2D eigenvalue weighted by molar-refractivity contribution is 8.18. The van der Waals surface area contributed by atoms with Crippen molar-refractivity contribution < 1.29 is 17.6 Å². The lowest BCUT2D eigenvalue weighted by atomic mass is 10.2. The molecule has 0 saturated carbocycles. The Bertz CT molecular complexity index is 1710. The van der Waals surface area contributed by atoms with Crippen molar-refractivity contribution in [3.05, 3.63) is 99.5 Å². The van der Waals surface area contributed by atoms with Crippen molar-refractivity contribution in [2.75, 3.05) is 11.3 Å². The molecule has 0 radical (unpaired) electrons. The first-order valence-electron chi connectivity index (χ1n) is 11.2. The zero-order valence-corrected chi connectivity index (χ0v) is 23.8. The Balaban J connectivity index is 1.38. The summed E-state index contributed by atoms with van der Waals surface area (Å²) in [5.74, 6) is 0.712. The van der Waals surface area contributed by atoms with Crippen molar-refractivity contribution in [1.82, 2.24) is 9.88 Å². The highest BCUT2D eigenvalue weighted by Gasteiger charge is 2.33. The summed E-state index contributed by atoms with van der Waals surface area (Å²) in [6.45, 7) is 3.98. The van der Waals surface area contributed by atoms with E-state index in [4.69, 9.17) is 27.6 Å². The third-order valence-electron chi connectivity index (χ3n) is 5.34. The number of furan rings is 1. The van der Waals surface area contributed by atoms with Crippen LogP contribution < -0.4 is 4.72 Å². The topological polar surface area (TPSA) is 105 Å². The second kappa shape index (κ2) is 11.4. The number of aromatic nitrogens is 1. The van der Waals surface area contributed by atoms with Gasteiger partial charge in [-0.15, -0.1) is 17.9 Å². The normalized spacial score (nSPS) is 15.8. The molecule has 1 aliphatic heterocycles. The molecule has 0 unspecified atom stereocenters. The van der Waals surface area contributed by atoms with Crippen LogP contribution in [-0.2, 0) is 14.8 Å². The number of thioether (sulfide) groups is 1. The number of nitrogens with zero attached hydrogens (tertiary/aromatic N) is 3. The largest absolute Gasteiger partial charge is 0.457 e. The summed E-state index contributed by atoms with van der Waals surface area (Å²) in [6.07, 6.45) is 4.75. The van der Waals surface area contributed by atoms with Crippen LogP contribution in [0.3, 0.4) is 0 Å². The van der Waals surface area contributed by atoms with Crippen molar-refractivity contribution in [3.8, 4) is 11.3 Å². The Morgan fingerprint density at radius 1 is 1.13 bits per heavy atom. The van der Waals surface area contributed by atoms with Crippen molar-refractivity contribution in [3.63, 3.8) is 0 Å². The number of hydrogen-bond acceptors (Lipinski definition) is 8. The van der Waals surface area contributed by atoms with E-state index in [1.165, 1.54) is 46.3 Å². The van der Waals surface area contributed by atoms with E-state index in [1.54, 1.807) is 60.0 Å². The summed E-state index contributed by atoms with van der Waals surface area (Å²) < 4.78 is 33.5. The Labute approximate surface area is 242 Å². The van der Waals surface area contributed by atoms with Gasteiger partial charge in [-0.05, 0) is 60.3 Å². The van der Waals surface area contributed by atoms with E-state index in [1.807, 2.05) is 0 Å². The van der Waals surface area contributed by atoms with Crippen LogP contribution in [0.25, 0.3) is 17.4 Å². The zero-order valence-electron chi connectivity index (χ0n) is 19.9. The molecule has 13 heteroatoms. The van der Waals surface area contributed by atoms with Gasteiger partial charge in [0.15, 0.2) is 10.3 Å². The van der Waals surface area contributed by atoms with E-state index in [0.717, 1.165) is 0 Å². The maximum Gasteiger partial charge on any atom is 0.267 e. The number of hydrogen-bond donors (Lipinski definition) is 1. The van der Waals surface area contributed by atoms with Crippen LogP contribution >= 0.6 is 46.3 Å². The molecule has 0 bridgehead atoms. The Kier molecular flexibility index (Phi) is 7.96. The Morgan fingerprint density at radius 3 is 2.64 bits per heavy atom. The van der Waals surface area contributed by atoms with E-state index in [0.29, 0.717) is 42.9 Å². The number of rotatable bonds is 8. The maximum atomic E-state index is 13.1. The molecular weight excluding hydrogens is 599 g/mol. The lowest BCUT2D eigenvalue weighted by molar-refractivity contribution is -0.121. The Hall–Kier alpha value is -3.35. The molecule has 39 heavy (non-hydrogen) atoms. The number of amidine groups is 1. The number of nitrogens with one attached hydrogen (secondary N) is 1. The van der Waals surface area contributed by atoms with Gasteiger partial charge in [0.1, 0.15) is 11.5 Å². The van der Waals surface area contributed by atoms with E-state index < -0.39 is 10.0 Å². The molecule has 1 amide bonds. The van der Waals surface area contributed by atoms with Gasteiger partial charge in [0.05, 0.1) is 25.5 Å². The monoisotopic (exact) mass is 616 g/mol. The molecular formula is C26H18Cl2N4O4S3. The third-order valence-corrected chi connectivity index (χ3v) is 9.34. The molecule has 4 aromatic rings. The standard InChI is InChI=1S/C26H18Cl2N4O4S3/c1-2-13-32-24(33)22(15-17-8-11-21(36-17)19-4-3-5-20(27)23(19)28)38-26(32)30-16-6-9-18(10-7-16)39(34,35)31-25-29-12-14-37-25/h2-12,14-15H,1,13H2,(H,29,31)/b22-15-,30-26?. The van der Waals surface area contributed by atoms with E-state index in [-0.39, 0.29) is 22.5 Å². The molecule has 1 fully saturated rings.